The van der Waals surface area contributed by atoms with Gasteiger partial charge >= 0.3 is 6.18 Å². The van der Waals surface area contributed by atoms with Crippen molar-refractivity contribution in [2.75, 3.05) is 34.8 Å². The van der Waals surface area contributed by atoms with Crippen LogP contribution in [-0.4, -0.2) is 47.3 Å². The number of halogens is 5. The first kappa shape index (κ1) is 24.6. The summed E-state index contributed by atoms with van der Waals surface area (Å²) in [6.07, 6.45) is -2.19. The van der Waals surface area contributed by atoms with Gasteiger partial charge in [0.1, 0.15) is 12.2 Å². The standard InChI is InChI=1S/C25H20F5N5O2/c1-14-22-18(3-2-8-31-22)17-6-5-16(34-12-24(26,27)13-34)9-19(17)35(23(14)37)11-21(36)33-15-4-7-20(32-10-15)25(28,29)30/h2-10,14H,11-13H2,1H3,(H,33,36). The average molecular weight is 517 g/mol. The van der Waals surface area contributed by atoms with E-state index in [1.54, 1.807) is 43.5 Å². The third-order valence-electron chi connectivity index (χ3n) is 6.30. The Morgan fingerprint density at radius 3 is 2.51 bits per heavy atom. The van der Waals surface area contributed by atoms with E-state index in [0.29, 0.717) is 28.2 Å². The molecule has 1 fully saturated rings. The number of pyridine rings is 2. The molecule has 1 atom stereocenters. The highest BCUT2D eigenvalue weighted by Gasteiger charge is 2.44. The minimum Gasteiger partial charge on any atom is -0.359 e. The van der Waals surface area contributed by atoms with Crippen molar-refractivity contribution in [2.45, 2.75) is 24.9 Å². The summed E-state index contributed by atoms with van der Waals surface area (Å²) in [6.45, 7) is 0.262. The Morgan fingerprint density at radius 1 is 1.11 bits per heavy atom. The van der Waals surface area contributed by atoms with Crippen LogP contribution in [0.1, 0.15) is 24.2 Å². The number of fused-ring (bicyclic) bond motifs is 3. The van der Waals surface area contributed by atoms with Crippen LogP contribution in [0.25, 0.3) is 11.1 Å². The first-order valence-corrected chi connectivity index (χ1v) is 11.3. The van der Waals surface area contributed by atoms with Gasteiger partial charge in [-0.05, 0) is 37.3 Å². The van der Waals surface area contributed by atoms with Crippen molar-refractivity contribution in [1.82, 2.24) is 9.97 Å². The largest absolute Gasteiger partial charge is 0.433 e. The molecule has 1 aromatic carbocycles. The molecule has 1 saturated heterocycles. The van der Waals surface area contributed by atoms with Crippen LogP contribution in [0.3, 0.4) is 0 Å². The maximum absolute atomic E-state index is 13.5. The maximum atomic E-state index is 13.5. The maximum Gasteiger partial charge on any atom is 0.433 e. The Bertz CT molecular complexity index is 1370. The lowest BCUT2D eigenvalue weighted by Gasteiger charge is -2.41. The van der Waals surface area contributed by atoms with E-state index in [9.17, 15) is 31.5 Å². The van der Waals surface area contributed by atoms with Crippen LogP contribution in [0.5, 0.6) is 0 Å². The second-order valence-electron chi connectivity index (χ2n) is 8.97. The molecule has 12 heteroatoms. The zero-order chi connectivity index (χ0) is 26.5. The lowest BCUT2D eigenvalue weighted by Crippen LogP contribution is -2.56. The van der Waals surface area contributed by atoms with Crippen molar-refractivity contribution in [3.63, 3.8) is 0 Å². The van der Waals surface area contributed by atoms with Crippen LogP contribution in [0.4, 0.5) is 39.0 Å². The van der Waals surface area contributed by atoms with E-state index in [1.165, 1.54) is 9.80 Å². The molecule has 0 spiro atoms. The van der Waals surface area contributed by atoms with E-state index in [1.807, 2.05) is 0 Å². The van der Waals surface area contributed by atoms with Crippen molar-refractivity contribution >= 4 is 28.9 Å². The minimum atomic E-state index is -4.62. The zero-order valence-corrected chi connectivity index (χ0v) is 19.4. The number of nitrogens with one attached hydrogen (secondary N) is 1. The molecule has 37 heavy (non-hydrogen) atoms. The van der Waals surface area contributed by atoms with Gasteiger partial charge in [-0.3, -0.25) is 14.6 Å². The van der Waals surface area contributed by atoms with E-state index in [0.717, 1.165) is 18.3 Å². The molecule has 2 aromatic heterocycles. The van der Waals surface area contributed by atoms with Crippen molar-refractivity contribution in [3.05, 3.63) is 66.2 Å². The predicted octanol–water partition coefficient (Wildman–Crippen LogP) is 4.71. The highest BCUT2D eigenvalue weighted by Crippen LogP contribution is 2.43. The molecule has 2 aliphatic heterocycles. The molecule has 0 bridgehead atoms. The molecule has 0 radical (unpaired) electrons. The van der Waals surface area contributed by atoms with Crippen LogP contribution < -0.4 is 15.1 Å². The summed E-state index contributed by atoms with van der Waals surface area (Å²) in [5.74, 6) is -4.64. The molecule has 1 unspecified atom stereocenters. The van der Waals surface area contributed by atoms with Gasteiger partial charge in [-0.25, -0.2) is 13.8 Å². The Morgan fingerprint density at radius 2 is 1.86 bits per heavy atom. The van der Waals surface area contributed by atoms with Crippen LogP contribution in [0.2, 0.25) is 0 Å². The Kier molecular flexibility index (Phi) is 5.84. The van der Waals surface area contributed by atoms with Gasteiger partial charge in [-0.15, -0.1) is 0 Å². The van der Waals surface area contributed by atoms with Gasteiger partial charge in [-0.1, -0.05) is 12.1 Å². The molecule has 5 rings (SSSR count). The molecule has 0 saturated carbocycles. The number of benzene rings is 1. The highest BCUT2D eigenvalue weighted by molar-refractivity contribution is 6.09. The van der Waals surface area contributed by atoms with E-state index in [4.69, 9.17) is 0 Å². The smallest absolute Gasteiger partial charge is 0.359 e. The van der Waals surface area contributed by atoms with Crippen LogP contribution in [0.15, 0.2) is 54.9 Å². The summed E-state index contributed by atoms with van der Waals surface area (Å²) in [6, 6.07) is 10.3. The third kappa shape index (κ3) is 4.70. The summed E-state index contributed by atoms with van der Waals surface area (Å²) in [4.78, 5) is 36.8. The molecular weight excluding hydrogens is 497 g/mol. The van der Waals surface area contributed by atoms with Crippen molar-refractivity contribution in [2.24, 2.45) is 0 Å². The molecule has 0 aliphatic carbocycles. The monoisotopic (exact) mass is 517 g/mol. The van der Waals surface area contributed by atoms with E-state index in [2.05, 4.69) is 15.3 Å². The number of rotatable bonds is 4. The quantitative estimate of drug-likeness (QED) is 0.508. The zero-order valence-electron chi connectivity index (χ0n) is 19.4. The molecular formula is C25H20F5N5O2. The lowest BCUT2D eigenvalue weighted by molar-refractivity contribution is -0.141. The number of nitrogens with zero attached hydrogens (tertiary/aromatic N) is 4. The van der Waals surface area contributed by atoms with Crippen molar-refractivity contribution in [3.8, 4) is 11.1 Å². The molecule has 1 N–H and O–H groups in total. The summed E-state index contributed by atoms with van der Waals surface area (Å²) in [5, 5.41) is 2.46. The van der Waals surface area contributed by atoms with E-state index < -0.39 is 55.2 Å². The van der Waals surface area contributed by atoms with E-state index >= 15 is 0 Å². The molecule has 4 heterocycles. The van der Waals surface area contributed by atoms with Gasteiger partial charge in [-0.2, -0.15) is 13.2 Å². The first-order chi connectivity index (χ1) is 17.4. The number of anilines is 3. The van der Waals surface area contributed by atoms with Crippen LogP contribution in [0, 0.1) is 0 Å². The number of aromatic nitrogens is 2. The second kappa shape index (κ2) is 8.79. The van der Waals surface area contributed by atoms with Gasteiger partial charge in [0.2, 0.25) is 11.8 Å². The molecule has 192 valence electrons. The fourth-order valence-corrected chi connectivity index (χ4v) is 4.46. The second-order valence-corrected chi connectivity index (χ2v) is 8.97. The third-order valence-corrected chi connectivity index (χ3v) is 6.30. The highest BCUT2D eigenvalue weighted by atomic mass is 19.4. The number of hydrogen-bond acceptors (Lipinski definition) is 5. The fraction of sp³-hybridized carbons (Fsp3) is 0.280. The summed E-state index contributed by atoms with van der Waals surface area (Å²) >= 11 is 0. The molecule has 7 nitrogen and oxygen atoms in total. The first-order valence-electron chi connectivity index (χ1n) is 11.3. The number of hydrogen-bond donors (Lipinski definition) is 1. The van der Waals surface area contributed by atoms with Crippen LogP contribution in [-0.2, 0) is 15.8 Å². The fourth-order valence-electron chi connectivity index (χ4n) is 4.46. The van der Waals surface area contributed by atoms with Gasteiger partial charge < -0.3 is 15.1 Å². The topological polar surface area (TPSA) is 78.4 Å². The normalized spacial score (nSPS) is 18.4. The van der Waals surface area contributed by atoms with Crippen molar-refractivity contribution in [1.29, 1.82) is 0 Å². The van der Waals surface area contributed by atoms with Crippen LogP contribution >= 0.6 is 0 Å². The Hall–Kier alpha value is -4.09. The Labute approximate surface area is 207 Å². The van der Waals surface area contributed by atoms with Crippen molar-refractivity contribution < 1.29 is 31.5 Å². The lowest BCUT2D eigenvalue weighted by atomic mass is 9.97. The van der Waals surface area contributed by atoms with Gasteiger partial charge in [0, 0.05) is 23.0 Å². The Balaban J connectivity index is 1.47. The van der Waals surface area contributed by atoms with E-state index in [-0.39, 0.29) is 5.69 Å². The average Bonchev–Trinajstić information content (AvgIpc) is 2.92. The number of carbonyl (C=O) groups excluding carboxylic acids is 2. The molecule has 2 aliphatic rings. The van der Waals surface area contributed by atoms with Gasteiger partial charge in [0.25, 0.3) is 5.92 Å². The molecule has 3 aromatic rings. The molecule has 2 amide bonds. The number of alkyl halides is 5. The van der Waals surface area contributed by atoms with Gasteiger partial charge in [0.15, 0.2) is 0 Å². The number of amides is 2. The predicted molar refractivity (Wildman–Crippen MR) is 125 cm³/mol. The SMILES string of the molecule is CC1C(=O)N(CC(=O)Nc2ccc(C(F)(F)F)nc2)c2cc(N3CC(F)(F)C3)ccc2-c2cccnc21. The summed E-state index contributed by atoms with van der Waals surface area (Å²) in [7, 11) is 0. The number of carbonyl (C=O) groups is 2. The van der Waals surface area contributed by atoms with Gasteiger partial charge in [0.05, 0.1) is 42.3 Å². The summed E-state index contributed by atoms with van der Waals surface area (Å²) < 4.78 is 65.3. The summed E-state index contributed by atoms with van der Waals surface area (Å²) in [5.41, 5.74) is 1.51. The minimum absolute atomic E-state index is 0.0232.